The first-order chi connectivity index (χ1) is 6.42. The third kappa shape index (κ3) is 3.09. The SMILES string of the molecule is CC1CN(CC(F)(F)C(=O)O)CCS1. The lowest BCUT2D eigenvalue weighted by molar-refractivity contribution is -0.167. The van der Waals surface area contributed by atoms with Gasteiger partial charge in [0.2, 0.25) is 0 Å². The van der Waals surface area contributed by atoms with Crippen molar-refractivity contribution < 1.29 is 18.7 Å². The molecule has 0 spiro atoms. The van der Waals surface area contributed by atoms with Crippen LogP contribution in [-0.2, 0) is 4.79 Å². The van der Waals surface area contributed by atoms with Gasteiger partial charge >= 0.3 is 11.9 Å². The van der Waals surface area contributed by atoms with Crippen LogP contribution in [0.3, 0.4) is 0 Å². The van der Waals surface area contributed by atoms with Crippen LogP contribution in [0.5, 0.6) is 0 Å². The zero-order valence-corrected chi connectivity index (χ0v) is 8.69. The fourth-order valence-corrected chi connectivity index (χ4v) is 2.46. The van der Waals surface area contributed by atoms with Crippen molar-refractivity contribution in [1.29, 1.82) is 0 Å². The summed E-state index contributed by atoms with van der Waals surface area (Å²) in [5, 5.41) is 8.56. The molecule has 1 heterocycles. The van der Waals surface area contributed by atoms with Crippen LogP contribution in [0.4, 0.5) is 8.78 Å². The van der Waals surface area contributed by atoms with Gasteiger partial charge in [-0.25, -0.2) is 4.79 Å². The third-order valence-corrected chi connectivity index (χ3v) is 3.20. The van der Waals surface area contributed by atoms with Crippen LogP contribution in [0.25, 0.3) is 0 Å². The number of nitrogens with zero attached hydrogens (tertiary/aromatic N) is 1. The smallest absolute Gasteiger partial charge is 0.375 e. The molecule has 1 aliphatic rings. The Balaban J connectivity index is 2.47. The quantitative estimate of drug-likeness (QED) is 0.782. The van der Waals surface area contributed by atoms with Gasteiger partial charge in [0.1, 0.15) is 0 Å². The van der Waals surface area contributed by atoms with Gasteiger partial charge in [0.25, 0.3) is 0 Å². The lowest BCUT2D eigenvalue weighted by Gasteiger charge is -2.31. The number of hydrogen-bond donors (Lipinski definition) is 1. The highest BCUT2D eigenvalue weighted by Gasteiger charge is 2.41. The van der Waals surface area contributed by atoms with Crippen LogP contribution in [0.2, 0.25) is 0 Å². The highest BCUT2D eigenvalue weighted by atomic mass is 32.2. The van der Waals surface area contributed by atoms with Crippen LogP contribution in [-0.4, -0.2) is 52.5 Å². The molecule has 14 heavy (non-hydrogen) atoms. The van der Waals surface area contributed by atoms with E-state index in [4.69, 9.17) is 5.11 Å². The summed E-state index contributed by atoms with van der Waals surface area (Å²) >= 11 is 1.72. The van der Waals surface area contributed by atoms with Crippen molar-refractivity contribution in [1.82, 2.24) is 4.90 Å². The summed E-state index contributed by atoms with van der Waals surface area (Å²) < 4.78 is 25.6. The lowest BCUT2D eigenvalue weighted by atomic mass is 10.3. The zero-order chi connectivity index (χ0) is 10.8. The van der Waals surface area contributed by atoms with E-state index >= 15 is 0 Å². The molecule has 1 rings (SSSR count). The normalized spacial score (nSPS) is 24.9. The second-order valence-corrected chi connectivity index (χ2v) is 4.97. The summed E-state index contributed by atoms with van der Waals surface area (Å²) in [5.41, 5.74) is 0. The molecule has 82 valence electrons. The molecular weight excluding hydrogens is 212 g/mol. The Morgan fingerprint density at radius 3 is 2.86 bits per heavy atom. The summed E-state index contributed by atoms with van der Waals surface area (Å²) in [4.78, 5) is 11.7. The molecular formula is C8H13F2NO2S. The molecule has 0 aliphatic carbocycles. The number of aliphatic carboxylic acids is 1. The van der Waals surface area contributed by atoms with Gasteiger partial charge in [-0.2, -0.15) is 20.5 Å². The number of hydrogen-bond acceptors (Lipinski definition) is 3. The van der Waals surface area contributed by atoms with Gasteiger partial charge in [-0.05, 0) is 0 Å². The van der Waals surface area contributed by atoms with Crippen LogP contribution in [0.1, 0.15) is 6.92 Å². The molecule has 1 unspecified atom stereocenters. The van der Waals surface area contributed by atoms with Gasteiger partial charge in [0.15, 0.2) is 0 Å². The van der Waals surface area contributed by atoms with Crippen molar-refractivity contribution in [2.75, 3.05) is 25.4 Å². The van der Waals surface area contributed by atoms with Crippen LogP contribution in [0, 0.1) is 0 Å². The van der Waals surface area contributed by atoms with E-state index in [2.05, 4.69) is 0 Å². The number of thioether (sulfide) groups is 1. The minimum absolute atomic E-state index is 0.299. The van der Waals surface area contributed by atoms with Gasteiger partial charge in [0, 0.05) is 24.1 Å². The highest BCUT2D eigenvalue weighted by Crippen LogP contribution is 2.22. The Kier molecular flexibility index (Phi) is 3.71. The second-order valence-electron chi connectivity index (χ2n) is 3.43. The maximum Gasteiger partial charge on any atom is 0.375 e. The summed E-state index contributed by atoms with van der Waals surface area (Å²) in [6.45, 7) is 2.36. The van der Waals surface area contributed by atoms with Crippen molar-refractivity contribution in [3.05, 3.63) is 0 Å². The van der Waals surface area contributed by atoms with E-state index in [1.165, 1.54) is 4.90 Å². The molecule has 0 bridgehead atoms. The maximum absolute atomic E-state index is 12.8. The Hall–Kier alpha value is -0.360. The minimum atomic E-state index is -3.62. The van der Waals surface area contributed by atoms with Gasteiger partial charge in [0.05, 0.1) is 6.54 Å². The van der Waals surface area contributed by atoms with Crippen molar-refractivity contribution >= 4 is 17.7 Å². The summed E-state index contributed by atoms with van der Waals surface area (Å²) in [7, 11) is 0. The van der Waals surface area contributed by atoms with Gasteiger partial charge in [-0.1, -0.05) is 6.92 Å². The number of halogens is 2. The zero-order valence-electron chi connectivity index (χ0n) is 7.87. The first-order valence-corrected chi connectivity index (χ1v) is 5.42. The molecule has 6 heteroatoms. The average Bonchev–Trinajstić information content (AvgIpc) is 2.02. The molecule has 1 N–H and O–H groups in total. The van der Waals surface area contributed by atoms with Gasteiger partial charge in [-0.3, -0.25) is 4.90 Å². The van der Waals surface area contributed by atoms with E-state index in [0.717, 1.165) is 5.75 Å². The van der Waals surface area contributed by atoms with Gasteiger partial charge < -0.3 is 5.11 Å². The molecule has 0 aromatic heterocycles. The first-order valence-electron chi connectivity index (χ1n) is 4.37. The predicted octanol–water partition coefficient (Wildman–Crippen LogP) is 1.14. The largest absolute Gasteiger partial charge is 0.477 e. The van der Waals surface area contributed by atoms with E-state index in [9.17, 15) is 13.6 Å². The molecule has 1 fully saturated rings. The molecule has 1 aliphatic heterocycles. The van der Waals surface area contributed by atoms with Crippen LogP contribution < -0.4 is 0 Å². The lowest BCUT2D eigenvalue weighted by Crippen LogP contribution is -2.47. The maximum atomic E-state index is 12.8. The molecule has 0 amide bonds. The fraction of sp³-hybridized carbons (Fsp3) is 0.875. The third-order valence-electron chi connectivity index (χ3n) is 2.06. The number of carboxylic acid groups (broad SMARTS) is 1. The first kappa shape index (κ1) is 11.7. The predicted molar refractivity (Wildman–Crippen MR) is 50.9 cm³/mol. The number of carbonyl (C=O) groups is 1. The molecule has 3 nitrogen and oxygen atoms in total. The topological polar surface area (TPSA) is 40.5 Å². The van der Waals surface area contributed by atoms with Crippen LogP contribution in [0.15, 0.2) is 0 Å². The van der Waals surface area contributed by atoms with Crippen molar-refractivity contribution in [3.63, 3.8) is 0 Å². The molecule has 0 radical (unpaired) electrons. The van der Waals surface area contributed by atoms with Crippen molar-refractivity contribution in [2.24, 2.45) is 0 Å². The number of alkyl halides is 2. The van der Waals surface area contributed by atoms with E-state index in [-0.39, 0.29) is 0 Å². The van der Waals surface area contributed by atoms with Crippen molar-refractivity contribution in [2.45, 2.75) is 18.1 Å². The fourth-order valence-electron chi connectivity index (χ4n) is 1.38. The van der Waals surface area contributed by atoms with Crippen molar-refractivity contribution in [3.8, 4) is 0 Å². The molecule has 0 saturated carbocycles. The Labute approximate surface area is 85.5 Å². The Morgan fingerprint density at radius 1 is 1.71 bits per heavy atom. The summed E-state index contributed by atoms with van der Waals surface area (Å²) in [6.07, 6.45) is 0. The molecule has 1 atom stereocenters. The van der Waals surface area contributed by atoms with Gasteiger partial charge in [-0.15, -0.1) is 0 Å². The summed E-state index contributed by atoms with van der Waals surface area (Å²) in [6, 6.07) is 0. The monoisotopic (exact) mass is 225 g/mol. The molecule has 0 aromatic carbocycles. The standard InChI is InChI=1S/C8H13F2NO2S/c1-6-4-11(2-3-14-6)5-8(9,10)7(12)13/h6H,2-5H2,1H3,(H,12,13). The minimum Gasteiger partial charge on any atom is -0.477 e. The molecule has 0 aromatic rings. The second kappa shape index (κ2) is 4.44. The van der Waals surface area contributed by atoms with E-state index in [0.29, 0.717) is 18.3 Å². The van der Waals surface area contributed by atoms with E-state index in [1.807, 2.05) is 6.92 Å². The molecule has 1 saturated heterocycles. The van der Waals surface area contributed by atoms with E-state index < -0.39 is 18.4 Å². The number of rotatable bonds is 3. The van der Waals surface area contributed by atoms with E-state index in [1.54, 1.807) is 11.8 Å². The Morgan fingerprint density at radius 2 is 2.36 bits per heavy atom. The number of carboxylic acids is 1. The Bertz CT molecular complexity index is 225. The summed E-state index contributed by atoms with van der Waals surface area (Å²) in [5.74, 6) is -4.87. The van der Waals surface area contributed by atoms with Crippen LogP contribution >= 0.6 is 11.8 Å². The highest BCUT2D eigenvalue weighted by molar-refractivity contribution is 7.99. The average molecular weight is 225 g/mol.